The van der Waals surface area contributed by atoms with Gasteiger partial charge in [-0.2, -0.15) is 0 Å². The Morgan fingerprint density at radius 2 is 1.32 bits per heavy atom. The molecule has 2 aliphatic heterocycles. The van der Waals surface area contributed by atoms with Crippen LogP contribution in [0.15, 0.2) is 30.3 Å². The lowest BCUT2D eigenvalue weighted by Crippen LogP contribution is -1.91. The van der Waals surface area contributed by atoms with Gasteiger partial charge >= 0.3 is 0 Å². The van der Waals surface area contributed by atoms with Gasteiger partial charge in [0.25, 0.3) is 0 Å². The second kappa shape index (κ2) is 6.06. The van der Waals surface area contributed by atoms with Crippen LogP contribution in [0.4, 0.5) is 0 Å². The maximum Gasteiger partial charge on any atom is 0.0687 e. The molecule has 0 spiro atoms. The van der Waals surface area contributed by atoms with E-state index in [1.54, 1.807) is 0 Å². The number of nitrogens with one attached hydrogen (secondary N) is 1. The fourth-order valence-corrected chi connectivity index (χ4v) is 4.13. The molecule has 0 amide bonds. The molecule has 4 heteroatoms. The van der Waals surface area contributed by atoms with Crippen molar-refractivity contribution < 1.29 is 0 Å². The highest BCUT2D eigenvalue weighted by Crippen LogP contribution is 2.28. The van der Waals surface area contributed by atoms with Crippen LogP contribution in [0.1, 0.15) is 39.5 Å². The van der Waals surface area contributed by atoms with Gasteiger partial charge in [0.05, 0.1) is 22.8 Å². The van der Waals surface area contributed by atoms with E-state index in [1.165, 1.54) is 27.7 Å². The van der Waals surface area contributed by atoms with E-state index in [-0.39, 0.29) is 0 Å². The Kier molecular flexibility index (Phi) is 3.63. The predicted molar refractivity (Wildman–Crippen MR) is 118 cm³/mol. The topological polar surface area (TPSA) is 46.5 Å². The first-order chi connectivity index (χ1) is 13.5. The molecule has 0 fully saturated rings. The lowest BCUT2D eigenvalue weighted by molar-refractivity contribution is 0.998. The number of aromatic amines is 1. The molecule has 2 aliphatic rings. The molecule has 138 valence electrons. The summed E-state index contributed by atoms with van der Waals surface area (Å²) in [7, 11) is 2.12. The van der Waals surface area contributed by atoms with Gasteiger partial charge in [-0.25, -0.2) is 9.97 Å². The minimum Gasteiger partial charge on any atom is -0.355 e. The van der Waals surface area contributed by atoms with Crippen LogP contribution in [-0.4, -0.2) is 19.5 Å². The van der Waals surface area contributed by atoms with Crippen molar-refractivity contribution in [2.24, 2.45) is 7.05 Å². The van der Waals surface area contributed by atoms with Crippen LogP contribution in [0.2, 0.25) is 0 Å². The minimum atomic E-state index is 0.951. The van der Waals surface area contributed by atoms with Gasteiger partial charge in [-0.1, -0.05) is 0 Å². The molecule has 0 saturated heterocycles. The Morgan fingerprint density at radius 3 is 2.04 bits per heavy atom. The number of rotatable bonds is 0. The Morgan fingerprint density at radius 1 is 0.714 bits per heavy atom. The van der Waals surface area contributed by atoms with E-state index in [0.717, 1.165) is 33.8 Å². The molecule has 8 bridgehead atoms. The highest BCUT2D eigenvalue weighted by atomic mass is 14.9. The first-order valence-electron chi connectivity index (χ1n) is 9.50. The monoisotopic (exact) mass is 366 g/mol. The third-order valence-electron chi connectivity index (χ3n) is 5.71. The standard InChI is InChI=1S/C24H22N4/c1-14-15(2)24-16(3)22-10-9-20(27-22)12-19-6-5-17(25-19)11-18-7-8-21(26-18)13-23(14)28(24)4/h5-13,25H,1-4H3. The van der Waals surface area contributed by atoms with Crippen LogP contribution in [0.25, 0.3) is 46.4 Å². The van der Waals surface area contributed by atoms with E-state index in [0.29, 0.717) is 0 Å². The van der Waals surface area contributed by atoms with E-state index in [4.69, 9.17) is 9.97 Å². The maximum atomic E-state index is 4.85. The van der Waals surface area contributed by atoms with Gasteiger partial charge in [-0.15, -0.1) is 0 Å². The zero-order chi connectivity index (χ0) is 19.4. The largest absolute Gasteiger partial charge is 0.355 e. The summed E-state index contributed by atoms with van der Waals surface area (Å²) in [6.45, 7) is 6.52. The Balaban J connectivity index is 1.97. The molecule has 0 saturated carbocycles. The predicted octanol–water partition coefficient (Wildman–Crippen LogP) is 5.59. The second-order valence-electron chi connectivity index (χ2n) is 7.52. The van der Waals surface area contributed by atoms with Crippen LogP contribution < -0.4 is 0 Å². The van der Waals surface area contributed by atoms with E-state index in [2.05, 4.69) is 92.0 Å². The smallest absolute Gasteiger partial charge is 0.0687 e. The van der Waals surface area contributed by atoms with Crippen LogP contribution in [0.5, 0.6) is 0 Å². The van der Waals surface area contributed by atoms with Crippen LogP contribution in [0, 0.1) is 20.8 Å². The average molecular weight is 366 g/mol. The van der Waals surface area contributed by atoms with E-state index < -0.39 is 0 Å². The van der Waals surface area contributed by atoms with Crippen molar-refractivity contribution in [3.05, 3.63) is 69.8 Å². The van der Waals surface area contributed by atoms with Crippen molar-refractivity contribution in [2.75, 3.05) is 0 Å². The number of H-pyrrole nitrogens is 1. The van der Waals surface area contributed by atoms with Crippen molar-refractivity contribution in [3.63, 3.8) is 0 Å². The minimum absolute atomic E-state index is 0.951. The summed E-state index contributed by atoms with van der Waals surface area (Å²) in [6, 6.07) is 10.4. The molecular formula is C24H22N4. The summed E-state index contributed by atoms with van der Waals surface area (Å²) in [5.41, 5.74) is 12.1. The molecule has 0 aromatic carbocycles. The van der Waals surface area contributed by atoms with Crippen molar-refractivity contribution in [2.45, 2.75) is 20.8 Å². The summed E-state index contributed by atoms with van der Waals surface area (Å²) in [4.78, 5) is 13.0. The molecule has 5 heterocycles. The molecule has 0 radical (unpaired) electrons. The summed E-state index contributed by atoms with van der Waals surface area (Å²) < 4.78 is 2.26. The van der Waals surface area contributed by atoms with Gasteiger partial charge in [-0.05, 0) is 92.1 Å². The highest BCUT2D eigenvalue weighted by molar-refractivity contribution is 5.82. The Bertz CT molecular complexity index is 1350. The van der Waals surface area contributed by atoms with Crippen molar-refractivity contribution in [1.82, 2.24) is 19.5 Å². The zero-order valence-electron chi connectivity index (χ0n) is 16.5. The quantitative estimate of drug-likeness (QED) is 0.388. The number of aryl methyl sites for hydroxylation is 4. The molecule has 3 aromatic heterocycles. The van der Waals surface area contributed by atoms with Gasteiger partial charge in [-0.3, -0.25) is 0 Å². The maximum absolute atomic E-state index is 4.85. The van der Waals surface area contributed by atoms with Crippen molar-refractivity contribution in [1.29, 1.82) is 0 Å². The first-order valence-corrected chi connectivity index (χ1v) is 9.50. The van der Waals surface area contributed by atoms with Crippen LogP contribution >= 0.6 is 0 Å². The van der Waals surface area contributed by atoms with Crippen molar-refractivity contribution in [3.8, 4) is 0 Å². The third-order valence-corrected chi connectivity index (χ3v) is 5.71. The fraction of sp³-hybridized carbons (Fsp3) is 0.167. The fourth-order valence-electron chi connectivity index (χ4n) is 4.13. The molecule has 5 rings (SSSR count). The van der Waals surface area contributed by atoms with E-state index in [1.807, 2.05) is 0 Å². The van der Waals surface area contributed by atoms with Gasteiger partial charge < -0.3 is 9.55 Å². The van der Waals surface area contributed by atoms with Crippen LogP contribution in [-0.2, 0) is 7.05 Å². The number of aromatic nitrogens is 4. The third kappa shape index (κ3) is 2.61. The summed E-state index contributed by atoms with van der Waals surface area (Å²) in [6.07, 6.45) is 8.31. The summed E-state index contributed by atoms with van der Waals surface area (Å²) in [5.74, 6) is 0. The Hall–Kier alpha value is -3.40. The second-order valence-corrected chi connectivity index (χ2v) is 7.52. The molecule has 0 unspecified atom stereocenters. The molecule has 1 N–H and O–H groups in total. The number of hydrogen-bond acceptors (Lipinski definition) is 2. The van der Waals surface area contributed by atoms with E-state index in [9.17, 15) is 0 Å². The molecule has 3 aromatic rings. The number of nitrogens with zero attached hydrogens (tertiary/aromatic N) is 3. The SMILES string of the molecule is Cc1c(C)c2c(C)c3nc(cc4ccc(cc5nc(cc1n2C)C=C5)[nH]4)C=C3. The zero-order valence-corrected chi connectivity index (χ0v) is 16.5. The van der Waals surface area contributed by atoms with Gasteiger partial charge in [0, 0.05) is 29.1 Å². The molecule has 0 aliphatic carbocycles. The van der Waals surface area contributed by atoms with Gasteiger partial charge in [0.15, 0.2) is 0 Å². The molecule has 4 nitrogen and oxygen atoms in total. The van der Waals surface area contributed by atoms with Crippen LogP contribution in [0.3, 0.4) is 0 Å². The molecular weight excluding hydrogens is 344 g/mol. The Labute approximate surface area is 163 Å². The first kappa shape index (κ1) is 16.8. The van der Waals surface area contributed by atoms with E-state index >= 15 is 0 Å². The number of fused-ring (bicyclic) bond motifs is 8. The lowest BCUT2D eigenvalue weighted by atomic mass is 10.1. The average Bonchev–Trinajstić information content (AvgIpc) is 3.43. The summed E-state index contributed by atoms with van der Waals surface area (Å²) >= 11 is 0. The highest BCUT2D eigenvalue weighted by Gasteiger charge is 2.12. The molecule has 28 heavy (non-hydrogen) atoms. The summed E-state index contributed by atoms with van der Waals surface area (Å²) in [5, 5.41) is 0. The number of hydrogen-bond donors (Lipinski definition) is 1. The lowest BCUT2D eigenvalue weighted by Gasteiger charge is -2.02. The van der Waals surface area contributed by atoms with Gasteiger partial charge in [0.1, 0.15) is 0 Å². The molecule has 0 atom stereocenters. The normalized spacial score (nSPS) is 12.7. The van der Waals surface area contributed by atoms with Gasteiger partial charge in [0.2, 0.25) is 0 Å². The van der Waals surface area contributed by atoms with Crippen molar-refractivity contribution >= 4 is 46.4 Å².